The molecular weight excluding hydrogens is 266 g/mol. The first-order valence-corrected chi connectivity index (χ1v) is 6.21. The Hall–Kier alpha value is -0.190. The second kappa shape index (κ2) is 3.52. The van der Waals surface area contributed by atoms with Crippen LogP contribution in [0.1, 0.15) is 5.56 Å². The van der Waals surface area contributed by atoms with Crippen molar-refractivity contribution in [2.75, 3.05) is 5.73 Å². The summed E-state index contributed by atoms with van der Waals surface area (Å²) in [5.41, 5.74) is 7.99. The van der Waals surface area contributed by atoms with Gasteiger partial charge in [-0.15, -0.1) is 24.0 Å². The maximum absolute atomic E-state index is 5.91. The molecule has 0 atom stereocenters. The zero-order valence-electron chi connectivity index (χ0n) is 6.75. The summed E-state index contributed by atoms with van der Waals surface area (Å²) in [5.74, 6) is 0. The highest BCUT2D eigenvalue weighted by Crippen LogP contribution is 2.34. The summed E-state index contributed by atoms with van der Waals surface area (Å²) in [6, 6.07) is 3.94. The first-order valence-electron chi connectivity index (χ1n) is 3.77. The summed E-state index contributed by atoms with van der Waals surface area (Å²) in [6.07, 6.45) is 0. The fourth-order valence-corrected chi connectivity index (χ4v) is 3.39. The molecule has 0 spiro atoms. The smallest absolute Gasteiger partial charge is 0.0416 e. The van der Waals surface area contributed by atoms with Crippen molar-refractivity contribution in [2.45, 2.75) is 10.2 Å². The van der Waals surface area contributed by atoms with E-state index in [0.29, 0.717) is 0 Å². The standard InChI is InChI=1S/C9H8BrNS2/c10-3-5-4-13-8-2-6(12)1-7(11)9(5)8/h1-2,4,12H,3,11H2. The van der Waals surface area contributed by atoms with Crippen LogP contribution >= 0.6 is 39.9 Å². The highest BCUT2D eigenvalue weighted by Gasteiger charge is 2.06. The van der Waals surface area contributed by atoms with E-state index in [2.05, 4.69) is 33.9 Å². The molecule has 0 fully saturated rings. The van der Waals surface area contributed by atoms with Gasteiger partial charge in [0.25, 0.3) is 0 Å². The highest BCUT2D eigenvalue weighted by atomic mass is 79.9. The summed E-state index contributed by atoms with van der Waals surface area (Å²) in [4.78, 5) is 0.924. The number of thiophene rings is 1. The number of benzene rings is 1. The first-order chi connectivity index (χ1) is 6.22. The third kappa shape index (κ3) is 1.58. The first kappa shape index (κ1) is 9.37. The Morgan fingerprint density at radius 1 is 1.46 bits per heavy atom. The van der Waals surface area contributed by atoms with E-state index in [-0.39, 0.29) is 0 Å². The van der Waals surface area contributed by atoms with Gasteiger partial charge in [-0.2, -0.15) is 0 Å². The molecule has 2 aromatic rings. The van der Waals surface area contributed by atoms with Crippen LogP contribution < -0.4 is 5.73 Å². The number of fused-ring (bicyclic) bond motifs is 1. The maximum atomic E-state index is 5.91. The van der Waals surface area contributed by atoms with Gasteiger partial charge >= 0.3 is 0 Å². The Bertz CT molecular complexity index is 450. The van der Waals surface area contributed by atoms with Crippen molar-refractivity contribution in [1.29, 1.82) is 0 Å². The molecule has 2 N–H and O–H groups in total. The molecule has 0 aliphatic heterocycles. The molecule has 0 saturated heterocycles. The minimum atomic E-state index is 0.818. The lowest BCUT2D eigenvalue weighted by atomic mass is 10.1. The molecule has 2 rings (SSSR count). The van der Waals surface area contributed by atoms with E-state index < -0.39 is 0 Å². The molecule has 68 valence electrons. The number of thiol groups is 1. The van der Waals surface area contributed by atoms with Gasteiger partial charge < -0.3 is 5.73 Å². The summed E-state index contributed by atoms with van der Waals surface area (Å²) < 4.78 is 1.21. The van der Waals surface area contributed by atoms with E-state index in [1.807, 2.05) is 12.1 Å². The van der Waals surface area contributed by atoms with Crippen molar-refractivity contribution in [3.05, 3.63) is 23.1 Å². The Balaban J connectivity index is 2.82. The maximum Gasteiger partial charge on any atom is 0.0416 e. The largest absolute Gasteiger partial charge is 0.398 e. The van der Waals surface area contributed by atoms with Gasteiger partial charge in [-0.3, -0.25) is 0 Å². The van der Waals surface area contributed by atoms with Gasteiger partial charge in [-0.05, 0) is 23.1 Å². The molecule has 13 heavy (non-hydrogen) atoms. The Kier molecular flexibility index (Phi) is 2.53. The van der Waals surface area contributed by atoms with Crippen LogP contribution in [-0.4, -0.2) is 0 Å². The van der Waals surface area contributed by atoms with Gasteiger partial charge in [0.1, 0.15) is 0 Å². The lowest BCUT2D eigenvalue weighted by Gasteiger charge is -2.00. The predicted octanol–water partition coefficient (Wildman–Crippen LogP) is 3.67. The Morgan fingerprint density at radius 2 is 2.23 bits per heavy atom. The number of anilines is 1. The summed E-state index contributed by atoms with van der Waals surface area (Å²) in [7, 11) is 0. The van der Waals surface area contributed by atoms with Crippen LogP contribution in [-0.2, 0) is 5.33 Å². The van der Waals surface area contributed by atoms with Gasteiger partial charge in [0.2, 0.25) is 0 Å². The van der Waals surface area contributed by atoms with E-state index in [1.165, 1.54) is 15.6 Å². The van der Waals surface area contributed by atoms with Gasteiger partial charge in [0.15, 0.2) is 0 Å². The molecule has 0 radical (unpaired) electrons. The molecular formula is C9H8BrNS2. The van der Waals surface area contributed by atoms with Crippen LogP contribution in [0.25, 0.3) is 10.1 Å². The van der Waals surface area contributed by atoms with Crippen molar-refractivity contribution in [3.63, 3.8) is 0 Å². The predicted molar refractivity (Wildman–Crippen MR) is 66.1 cm³/mol. The van der Waals surface area contributed by atoms with Crippen LogP contribution in [0.3, 0.4) is 0 Å². The minimum absolute atomic E-state index is 0.818. The van der Waals surface area contributed by atoms with E-state index in [1.54, 1.807) is 11.3 Å². The van der Waals surface area contributed by atoms with Crippen LogP contribution in [0.4, 0.5) is 5.69 Å². The van der Waals surface area contributed by atoms with E-state index in [0.717, 1.165) is 15.9 Å². The minimum Gasteiger partial charge on any atom is -0.398 e. The van der Waals surface area contributed by atoms with Crippen molar-refractivity contribution in [1.82, 2.24) is 0 Å². The lowest BCUT2D eigenvalue weighted by Crippen LogP contribution is -1.87. The second-order valence-electron chi connectivity index (χ2n) is 2.80. The van der Waals surface area contributed by atoms with Crippen molar-refractivity contribution < 1.29 is 0 Å². The number of hydrogen-bond acceptors (Lipinski definition) is 3. The van der Waals surface area contributed by atoms with Gasteiger partial charge in [0.05, 0.1) is 0 Å². The topological polar surface area (TPSA) is 26.0 Å². The molecule has 0 saturated carbocycles. The van der Waals surface area contributed by atoms with Gasteiger partial charge in [0, 0.05) is 26.0 Å². The van der Waals surface area contributed by atoms with Crippen LogP contribution in [0.15, 0.2) is 22.4 Å². The molecule has 4 heteroatoms. The van der Waals surface area contributed by atoms with Crippen molar-refractivity contribution in [3.8, 4) is 0 Å². The van der Waals surface area contributed by atoms with E-state index in [4.69, 9.17) is 5.73 Å². The lowest BCUT2D eigenvalue weighted by molar-refractivity contribution is 1.50. The summed E-state index contributed by atoms with van der Waals surface area (Å²) in [6.45, 7) is 0. The summed E-state index contributed by atoms with van der Waals surface area (Å²) in [5, 5.41) is 4.14. The van der Waals surface area contributed by atoms with Crippen LogP contribution in [0, 0.1) is 0 Å². The molecule has 0 aliphatic rings. The molecule has 1 aromatic heterocycles. The average molecular weight is 274 g/mol. The SMILES string of the molecule is Nc1cc(S)cc2scc(CBr)c12. The normalized spacial score (nSPS) is 10.9. The quantitative estimate of drug-likeness (QED) is 0.463. The average Bonchev–Trinajstić information content (AvgIpc) is 2.47. The number of alkyl halides is 1. The van der Waals surface area contributed by atoms with Gasteiger partial charge in [-0.1, -0.05) is 15.9 Å². The highest BCUT2D eigenvalue weighted by molar-refractivity contribution is 9.08. The Labute approximate surface area is 94.5 Å². The second-order valence-corrected chi connectivity index (χ2v) is 4.79. The summed E-state index contributed by atoms with van der Waals surface area (Å²) >= 11 is 9.43. The fraction of sp³-hybridized carbons (Fsp3) is 0.111. The van der Waals surface area contributed by atoms with E-state index in [9.17, 15) is 0 Å². The zero-order valence-corrected chi connectivity index (χ0v) is 10.0. The van der Waals surface area contributed by atoms with Crippen LogP contribution in [0.5, 0.6) is 0 Å². The number of halogens is 1. The van der Waals surface area contributed by atoms with Crippen molar-refractivity contribution in [2.24, 2.45) is 0 Å². The number of rotatable bonds is 1. The monoisotopic (exact) mass is 273 g/mol. The Morgan fingerprint density at radius 3 is 2.92 bits per heavy atom. The molecule has 0 bridgehead atoms. The van der Waals surface area contributed by atoms with E-state index >= 15 is 0 Å². The molecule has 0 amide bonds. The molecule has 1 heterocycles. The fourth-order valence-electron chi connectivity index (χ4n) is 1.35. The third-order valence-corrected chi connectivity index (χ3v) is 3.75. The number of hydrogen-bond donors (Lipinski definition) is 2. The number of nitrogen functional groups attached to an aromatic ring is 1. The molecule has 1 aromatic carbocycles. The number of nitrogens with two attached hydrogens (primary N) is 1. The molecule has 1 nitrogen and oxygen atoms in total. The molecule has 0 aliphatic carbocycles. The zero-order chi connectivity index (χ0) is 9.42. The molecule has 0 unspecified atom stereocenters. The van der Waals surface area contributed by atoms with Crippen LogP contribution in [0.2, 0.25) is 0 Å². The third-order valence-electron chi connectivity index (χ3n) is 1.91. The van der Waals surface area contributed by atoms with Crippen molar-refractivity contribution >= 4 is 55.7 Å². The van der Waals surface area contributed by atoms with Gasteiger partial charge in [-0.25, -0.2) is 0 Å².